The summed E-state index contributed by atoms with van der Waals surface area (Å²) in [6.07, 6.45) is 0.837. The maximum absolute atomic E-state index is 4.21. The number of nitrogens with zero attached hydrogens (tertiary/aromatic N) is 4. The van der Waals surface area contributed by atoms with Crippen molar-refractivity contribution in [1.29, 1.82) is 0 Å². The Morgan fingerprint density at radius 2 is 1.81 bits per heavy atom. The molecule has 16 heavy (non-hydrogen) atoms. The molecule has 5 heteroatoms. The molecule has 0 saturated carbocycles. The Kier molecular flexibility index (Phi) is 3.68. The van der Waals surface area contributed by atoms with Gasteiger partial charge in [0.2, 0.25) is 0 Å². The first-order valence-electron chi connectivity index (χ1n) is 5.66. The average Bonchev–Trinajstić information content (AvgIpc) is 2.46. The van der Waals surface area contributed by atoms with Gasteiger partial charge >= 0.3 is 0 Å². The standard InChI is InChI=1S/C11H23N5/c1-10(2,3)12-8-11(4,5)7-9-13-15-16(6)14-9/h12H,7-8H2,1-6H3. The zero-order valence-electron chi connectivity index (χ0n) is 11.2. The average molecular weight is 225 g/mol. The summed E-state index contributed by atoms with van der Waals surface area (Å²) in [5.74, 6) is 0.809. The lowest BCUT2D eigenvalue weighted by atomic mass is 9.88. The summed E-state index contributed by atoms with van der Waals surface area (Å²) < 4.78 is 0. The molecule has 1 heterocycles. The quantitative estimate of drug-likeness (QED) is 0.835. The van der Waals surface area contributed by atoms with Gasteiger partial charge in [-0.1, -0.05) is 13.8 Å². The van der Waals surface area contributed by atoms with Crippen LogP contribution >= 0.6 is 0 Å². The Bertz CT molecular complexity index is 334. The lowest BCUT2D eigenvalue weighted by molar-refractivity contribution is 0.284. The molecule has 0 aliphatic heterocycles. The first-order valence-corrected chi connectivity index (χ1v) is 5.66. The van der Waals surface area contributed by atoms with Crippen molar-refractivity contribution in [1.82, 2.24) is 25.5 Å². The Morgan fingerprint density at radius 3 is 2.25 bits per heavy atom. The second-order valence-corrected chi connectivity index (χ2v) is 6.14. The van der Waals surface area contributed by atoms with Crippen molar-refractivity contribution in [3.8, 4) is 0 Å². The van der Waals surface area contributed by atoms with E-state index in [2.05, 4.69) is 55.3 Å². The number of nitrogens with one attached hydrogen (secondary N) is 1. The van der Waals surface area contributed by atoms with Gasteiger partial charge in [-0.25, -0.2) is 0 Å². The Morgan fingerprint density at radius 1 is 1.19 bits per heavy atom. The molecular formula is C11H23N5. The number of rotatable bonds is 4. The third-order valence-corrected chi connectivity index (χ3v) is 2.28. The molecule has 0 aliphatic carbocycles. The van der Waals surface area contributed by atoms with E-state index >= 15 is 0 Å². The van der Waals surface area contributed by atoms with E-state index in [0.29, 0.717) is 0 Å². The van der Waals surface area contributed by atoms with Crippen LogP contribution in [0.15, 0.2) is 0 Å². The molecule has 5 nitrogen and oxygen atoms in total. The number of aryl methyl sites for hydroxylation is 1. The van der Waals surface area contributed by atoms with Gasteiger partial charge < -0.3 is 5.32 Å². The molecule has 0 aliphatic rings. The van der Waals surface area contributed by atoms with Gasteiger partial charge in [0.25, 0.3) is 0 Å². The van der Waals surface area contributed by atoms with Gasteiger partial charge in [0, 0.05) is 18.5 Å². The van der Waals surface area contributed by atoms with Gasteiger partial charge in [0.15, 0.2) is 5.82 Å². The molecule has 0 atom stereocenters. The van der Waals surface area contributed by atoms with Crippen LogP contribution < -0.4 is 5.32 Å². The molecular weight excluding hydrogens is 202 g/mol. The summed E-state index contributed by atoms with van der Waals surface area (Å²) >= 11 is 0. The number of hydrogen-bond acceptors (Lipinski definition) is 4. The minimum Gasteiger partial charge on any atom is -0.312 e. The molecule has 1 aromatic rings. The molecule has 1 aromatic heterocycles. The van der Waals surface area contributed by atoms with Crippen LogP contribution in [0, 0.1) is 5.41 Å². The molecule has 0 aromatic carbocycles. The van der Waals surface area contributed by atoms with Crippen LogP contribution in [0.5, 0.6) is 0 Å². The molecule has 0 unspecified atom stereocenters. The summed E-state index contributed by atoms with van der Waals surface area (Å²) in [6.45, 7) is 11.9. The van der Waals surface area contributed by atoms with E-state index in [1.165, 1.54) is 4.80 Å². The topological polar surface area (TPSA) is 55.6 Å². The lowest BCUT2D eigenvalue weighted by Gasteiger charge is -2.29. The van der Waals surface area contributed by atoms with Crippen LogP contribution in [0.4, 0.5) is 0 Å². The fraction of sp³-hybridized carbons (Fsp3) is 0.909. The van der Waals surface area contributed by atoms with Gasteiger partial charge in [0.05, 0.1) is 7.05 Å². The normalized spacial score (nSPS) is 13.1. The van der Waals surface area contributed by atoms with Crippen LogP contribution in [-0.4, -0.2) is 32.3 Å². The van der Waals surface area contributed by atoms with Crippen LogP contribution in [-0.2, 0) is 13.5 Å². The zero-order chi connectivity index (χ0) is 12.4. The van der Waals surface area contributed by atoms with Crippen LogP contribution in [0.2, 0.25) is 0 Å². The van der Waals surface area contributed by atoms with Crippen molar-refractivity contribution in [2.45, 2.75) is 46.6 Å². The predicted molar refractivity (Wildman–Crippen MR) is 64.0 cm³/mol. The first-order chi connectivity index (χ1) is 7.18. The minimum absolute atomic E-state index is 0.135. The zero-order valence-corrected chi connectivity index (χ0v) is 11.2. The number of hydrogen-bond donors (Lipinski definition) is 1. The maximum Gasteiger partial charge on any atom is 0.175 e. The lowest BCUT2D eigenvalue weighted by Crippen LogP contribution is -2.42. The molecule has 0 saturated heterocycles. The highest BCUT2D eigenvalue weighted by molar-refractivity contribution is 4.88. The number of tetrazole rings is 1. The summed E-state index contributed by atoms with van der Waals surface area (Å²) in [5, 5.41) is 15.6. The summed E-state index contributed by atoms with van der Waals surface area (Å²) in [4.78, 5) is 1.50. The van der Waals surface area contributed by atoms with Crippen LogP contribution in [0.3, 0.4) is 0 Å². The fourth-order valence-electron chi connectivity index (χ4n) is 1.39. The first kappa shape index (κ1) is 13.1. The molecule has 0 radical (unpaired) electrons. The summed E-state index contributed by atoms with van der Waals surface area (Å²) in [6, 6.07) is 0. The van der Waals surface area contributed by atoms with Gasteiger partial charge in [-0.2, -0.15) is 4.80 Å². The maximum atomic E-state index is 4.21. The molecule has 0 fully saturated rings. The van der Waals surface area contributed by atoms with E-state index in [-0.39, 0.29) is 11.0 Å². The van der Waals surface area contributed by atoms with Gasteiger partial charge in [-0.05, 0) is 31.4 Å². The van der Waals surface area contributed by atoms with Gasteiger partial charge in [-0.15, -0.1) is 10.2 Å². The smallest absolute Gasteiger partial charge is 0.175 e. The van der Waals surface area contributed by atoms with Crippen molar-refractivity contribution in [3.05, 3.63) is 5.82 Å². The summed E-state index contributed by atoms with van der Waals surface area (Å²) in [7, 11) is 1.79. The third kappa shape index (κ3) is 4.70. The van der Waals surface area contributed by atoms with Crippen molar-refractivity contribution >= 4 is 0 Å². The Labute approximate surface area is 97.6 Å². The van der Waals surface area contributed by atoms with Crippen molar-refractivity contribution < 1.29 is 0 Å². The highest BCUT2D eigenvalue weighted by Gasteiger charge is 2.23. The van der Waals surface area contributed by atoms with E-state index in [0.717, 1.165) is 18.8 Å². The van der Waals surface area contributed by atoms with E-state index in [4.69, 9.17) is 0 Å². The number of aromatic nitrogens is 4. The minimum atomic E-state index is 0.135. The highest BCUT2D eigenvalue weighted by Crippen LogP contribution is 2.19. The fourth-order valence-corrected chi connectivity index (χ4v) is 1.39. The van der Waals surface area contributed by atoms with E-state index in [9.17, 15) is 0 Å². The monoisotopic (exact) mass is 225 g/mol. The van der Waals surface area contributed by atoms with Crippen molar-refractivity contribution in [2.24, 2.45) is 12.5 Å². The Hall–Kier alpha value is -0.970. The molecule has 1 N–H and O–H groups in total. The molecule has 0 amide bonds. The van der Waals surface area contributed by atoms with Crippen LogP contribution in [0.1, 0.15) is 40.4 Å². The highest BCUT2D eigenvalue weighted by atomic mass is 15.6. The van der Waals surface area contributed by atoms with E-state index < -0.39 is 0 Å². The Balaban J connectivity index is 2.51. The molecule has 1 rings (SSSR count). The van der Waals surface area contributed by atoms with E-state index in [1.54, 1.807) is 7.05 Å². The SMILES string of the molecule is Cn1nnc(CC(C)(C)CNC(C)(C)C)n1. The third-order valence-electron chi connectivity index (χ3n) is 2.28. The van der Waals surface area contributed by atoms with Crippen LogP contribution in [0.25, 0.3) is 0 Å². The second kappa shape index (κ2) is 4.49. The molecule has 92 valence electrons. The molecule has 0 spiro atoms. The predicted octanol–water partition coefficient (Wildman–Crippen LogP) is 1.17. The van der Waals surface area contributed by atoms with Crippen molar-refractivity contribution in [2.75, 3.05) is 6.54 Å². The summed E-state index contributed by atoms with van der Waals surface area (Å²) in [5.41, 5.74) is 0.281. The molecule has 0 bridgehead atoms. The largest absolute Gasteiger partial charge is 0.312 e. The van der Waals surface area contributed by atoms with Gasteiger partial charge in [-0.3, -0.25) is 0 Å². The second-order valence-electron chi connectivity index (χ2n) is 6.14. The van der Waals surface area contributed by atoms with Crippen molar-refractivity contribution in [3.63, 3.8) is 0 Å². The van der Waals surface area contributed by atoms with Gasteiger partial charge in [0.1, 0.15) is 0 Å². The van der Waals surface area contributed by atoms with E-state index in [1.807, 2.05) is 0 Å².